The molecular weight excluding hydrogens is 222 g/mol. The summed E-state index contributed by atoms with van der Waals surface area (Å²) in [6, 6.07) is 0. The van der Waals surface area contributed by atoms with Crippen LogP contribution in [0.15, 0.2) is 18.7 Å². The molecule has 0 N–H and O–H groups in total. The van der Waals surface area contributed by atoms with E-state index in [2.05, 4.69) is 19.8 Å². The van der Waals surface area contributed by atoms with E-state index >= 15 is 0 Å². The van der Waals surface area contributed by atoms with Crippen molar-refractivity contribution in [2.45, 2.75) is 20.0 Å². The highest BCUT2D eigenvalue weighted by Gasteiger charge is 2.12. The van der Waals surface area contributed by atoms with E-state index < -0.39 is 5.97 Å². The van der Waals surface area contributed by atoms with E-state index in [9.17, 15) is 4.79 Å². The molecule has 2 aromatic heterocycles. The summed E-state index contributed by atoms with van der Waals surface area (Å²) >= 11 is 0. The number of hydrogen-bond acceptors (Lipinski definition) is 5. The molecule has 0 aliphatic carbocycles. The summed E-state index contributed by atoms with van der Waals surface area (Å²) < 4.78 is 8.09. The monoisotopic (exact) mass is 235 g/mol. The highest BCUT2D eigenvalue weighted by Crippen LogP contribution is 2.01. The van der Waals surface area contributed by atoms with Gasteiger partial charge in [0.1, 0.15) is 18.7 Å². The molecule has 7 heteroatoms. The average molecular weight is 235 g/mol. The third-order valence-electron chi connectivity index (χ3n) is 2.35. The predicted octanol–water partition coefficient (Wildman–Crippen LogP) is 0.329. The number of aryl methyl sites for hydroxylation is 1. The first kappa shape index (κ1) is 11.3. The first-order valence-electron chi connectivity index (χ1n) is 5.22. The van der Waals surface area contributed by atoms with Gasteiger partial charge in [-0.05, 0) is 6.92 Å². The molecule has 2 aromatic rings. The van der Waals surface area contributed by atoms with Crippen molar-refractivity contribution in [3.8, 4) is 0 Å². The summed E-state index contributed by atoms with van der Waals surface area (Å²) in [7, 11) is 1.30. The molecule has 17 heavy (non-hydrogen) atoms. The van der Waals surface area contributed by atoms with Crippen molar-refractivity contribution in [2.75, 3.05) is 7.11 Å². The lowest BCUT2D eigenvalue weighted by molar-refractivity contribution is 0.0586. The molecule has 0 saturated carbocycles. The number of nitrogens with zero attached hydrogens (tertiary/aromatic N) is 5. The third-order valence-corrected chi connectivity index (χ3v) is 2.35. The zero-order chi connectivity index (χ0) is 12.3. The molecule has 0 aliphatic heterocycles. The van der Waals surface area contributed by atoms with Crippen LogP contribution in [0.1, 0.15) is 23.4 Å². The minimum atomic E-state index is -0.539. The number of carbonyl (C=O) groups is 1. The molecule has 0 radical (unpaired) electrons. The number of imidazole rings is 1. The maximum atomic E-state index is 11.2. The minimum Gasteiger partial charge on any atom is -0.463 e. The van der Waals surface area contributed by atoms with Gasteiger partial charge in [-0.3, -0.25) is 0 Å². The van der Waals surface area contributed by atoms with Gasteiger partial charge in [-0.25, -0.2) is 19.4 Å². The van der Waals surface area contributed by atoms with E-state index in [0.29, 0.717) is 6.54 Å². The number of esters is 1. The van der Waals surface area contributed by atoms with E-state index in [-0.39, 0.29) is 5.82 Å². The number of methoxy groups -OCH3 is 1. The summed E-state index contributed by atoms with van der Waals surface area (Å²) in [5, 5.41) is 4.01. The fourth-order valence-corrected chi connectivity index (χ4v) is 1.48. The Bertz CT molecular complexity index is 516. The molecule has 0 fully saturated rings. The molecule has 0 amide bonds. The quantitative estimate of drug-likeness (QED) is 0.714. The van der Waals surface area contributed by atoms with Crippen LogP contribution in [-0.4, -0.2) is 37.4 Å². The highest BCUT2D eigenvalue weighted by atomic mass is 16.5. The summed E-state index contributed by atoms with van der Waals surface area (Å²) in [6.07, 6.45) is 5.12. The normalized spacial score (nSPS) is 10.5. The Kier molecular flexibility index (Phi) is 3.17. The molecule has 0 bridgehead atoms. The Morgan fingerprint density at radius 1 is 1.47 bits per heavy atom. The smallest absolute Gasteiger partial charge is 0.377 e. The Morgan fingerprint density at radius 2 is 2.29 bits per heavy atom. The minimum absolute atomic E-state index is 0.0575. The van der Waals surface area contributed by atoms with E-state index in [1.54, 1.807) is 10.9 Å². The lowest BCUT2D eigenvalue weighted by Crippen LogP contribution is -2.10. The summed E-state index contributed by atoms with van der Waals surface area (Å²) in [5.74, 6) is 0.388. The van der Waals surface area contributed by atoms with Gasteiger partial charge in [-0.15, -0.1) is 5.10 Å². The lowest BCUT2D eigenvalue weighted by atomic mass is 10.5. The summed E-state index contributed by atoms with van der Waals surface area (Å²) in [6.45, 7) is 3.35. The lowest BCUT2D eigenvalue weighted by Gasteiger charge is -2.03. The zero-order valence-corrected chi connectivity index (χ0v) is 9.70. The number of hydrogen-bond donors (Lipinski definition) is 0. The molecule has 0 spiro atoms. The van der Waals surface area contributed by atoms with E-state index in [1.165, 1.54) is 13.4 Å². The molecule has 0 saturated heterocycles. The number of ether oxygens (including phenoxy) is 1. The molecule has 0 atom stereocenters. The SMILES string of the molecule is CCn1ccnc1Cn1cnc(C(=O)OC)n1. The number of aromatic nitrogens is 5. The van der Waals surface area contributed by atoms with Crippen LogP contribution in [0.4, 0.5) is 0 Å². The van der Waals surface area contributed by atoms with Crippen LogP contribution in [0.3, 0.4) is 0 Å². The van der Waals surface area contributed by atoms with Gasteiger partial charge in [0.15, 0.2) is 0 Å². The van der Waals surface area contributed by atoms with Crippen LogP contribution in [0, 0.1) is 0 Å². The van der Waals surface area contributed by atoms with Crippen molar-refractivity contribution >= 4 is 5.97 Å². The van der Waals surface area contributed by atoms with Crippen molar-refractivity contribution in [1.29, 1.82) is 0 Å². The molecule has 7 nitrogen and oxygen atoms in total. The van der Waals surface area contributed by atoms with Crippen LogP contribution in [0.5, 0.6) is 0 Å². The largest absolute Gasteiger partial charge is 0.463 e. The maximum absolute atomic E-state index is 11.2. The highest BCUT2D eigenvalue weighted by molar-refractivity contribution is 5.84. The third kappa shape index (κ3) is 2.32. The van der Waals surface area contributed by atoms with Crippen LogP contribution >= 0.6 is 0 Å². The van der Waals surface area contributed by atoms with Crippen LogP contribution in [-0.2, 0) is 17.8 Å². The molecule has 2 heterocycles. The van der Waals surface area contributed by atoms with Crippen LogP contribution in [0.2, 0.25) is 0 Å². The van der Waals surface area contributed by atoms with Gasteiger partial charge in [0, 0.05) is 18.9 Å². The zero-order valence-electron chi connectivity index (χ0n) is 9.70. The average Bonchev–Trinajstić information content (AvgIpc) is 2.97. The second kappa shape index (κ2) is 4.77. The number of rotatable bonds is 4. The topological polar surface area (TPSA) is 74.8 Å². The van der Waals surface area contributed by atoms with E-state index in [1.807, 2.05) is 17.7 Å². The molecular formula is C10H13N5O2. The van der Waals surface area contributed by atoms with E-state index in [4.69, 9.17) is 0 Å². The van der Waals surface area contributed by atoms with Gasteiger partial charge in [-0.1, -0.05) is 0 Å². The predicted molar refractivity (Wildman–Crippen MR) is 58.4 cm³/mol. The maximum Gasteiger partial charge on any atom is 0.377 e. The Morgan fingerprint density at radius 3 is 3.00 bits per heavy atom. The van der Waals surface area contributed by atoms with Gasteiger partial charge in [0.2, 0.25) is 0 Å². The van der Waals surface area contributed by atoms with Crippen molar-refractivity contribution < 1.29 is 9.53 Å². The van der Waals surface area contributed by atoms with Crippen LogP contribution in [0.25, 0.3) is 0 Å². The first-order chi connectivity index (χ1) is 8.24. The van der Waals surface area contributed by atoms with Crippen molar-refractivity contribution in [1.82, 2.24) is 24.3 Å². The van der Waals surface area contributed by atoms with Gasteiger partial charge in [0.05, 0.1) is 7.11 Å². The first-order valence-corrected chi connectivity index (χ1v) is 5.22. The standard InChI is InChI=1S/C10H13N5O2/c1-3-14-5-4-11-8(14)6-15-7-12-9(13-15)10(16)17-2/h4-5,7H,3,6H2,1-2H3. The Hall–Kier alpha value is -2.18. The Labute approximate surface area is 98.1 Å². The second-order valence-electron chi connectivity index (χ2n) is 3.39. The van der Waals surface area contributed by atoms with Gasteiger partial charge in [-0.2, -0.15) is 0 Å². The molecule has 0 aromatic carbocycles. The molecule has 0 aliphatic rings. The molecule has 0 unspecified atom stereocenters. The fourth-order valence-electron chi connectivity index (χ4n) is 1.48. The van der Waals surface area contributed by atoms with Crippen molar-refractivity contribution in [3.63, 3.8) is 0 Å². The van der Waals surface area contributed by atoms with Crippen molar-refractivity contribution in [2.24, 2.45) is 0 Å². The molecule has 90 valence electrons. The number of carbonyl (C=O) groups excluding carboxylic acids is 1. The fraction of sp³-hybridized carbons (Fsp3) is 0.400. The van der Waals surface area contributed by atoms with Gasteiger partial charge >= 0.3 is 5.97 Å². The second-order valence-corrected chi connectivity index (χ2v) is 3.39. The van der Waals surface area contributed by atoms with Gasteiger partial charge < -0.3 is 9.30 Å². The van der Waals surface area contributed by atoms with Gasteiger partial charge in [0.25, 0.3) is 5.82 Å². The van der Waals surface area contributed by atoms with Crippen molar-refractivity contribution in [3.05, 3.63) is 30.4 Å². The van der Waals surface area contributed by atoms with Crippen LogP contribution < -0.4 is 0 Å². The molecule has 2 rings (SSSR count). The Balaban J connectivity index is 2.14. The summed E-state index contributed by atoms with van der Waals surface area (Å²) in [4.78, 5) is 19.2. The summed E-state index contributed by atoms with van der Waals surface area (Å²) in [5.41, 5.74) is 0. The van der Waals surface area contributed by atoms with E-state index in [0.717, 1.165) is 12.4 Å².